The summed E-state index contributed by atoms with van der Waals surface area (Å²) >= 11 is 6.02. The molecule has 0 spiro atoms. The number of hydrogen-bond donors (Lipinski definition) is 0. The molecule has 0 saturated heterocycles. The summed E-state index contributed by atoms with van der Waals surface area (Å²) in [4.78, 5) is 28.1. The Bertz CT molecular complexity index is 997. The summed E-state index contributed by atoms with van der Waals surface area (Å²) in [6.07, 6.45) is 1.52. The summed E-state index contributed by atoms with van der Waals surface area (Å²) in [6.45, 7) is 1.29. The lowest BCUT2D eigenvalue weighted by molar-refractivity contribution is -0.136. The van der Waals surface area contributed by atoms with Crippen LogP contribution in [-0.2, 0) is 14.4 Å². The number of benzene rings is 1. The number of esters is 1. The van der Waals surface area contributed by atoms with E-state index < -0.39 is 11.9 Å². The predicted octanol–water partition coefficient (Wildman–Crippen LogP) is 3.60. The molecule has 1 aromatic heterocycles. The first-order valence-electron chi connectivity index (χ1n) is 7.41. The van der Waals surface area contributed by atoms with Gasteiger partial charge in [0.2, 0.25) is 0 Å². The zero-order chi connectivity index (χ0) is 18.7. The van der Waals surface area contributed by atoms with Crippen molar-refractivity contribution in [2.75, 3.05) is 6.61 Å². The van der Waals surface area contributed by atoms with Crippen LogP contribution in [0.15, 0.2) is 45.5 Å². The van der Waals surface area contributed by atoms with Crippen LogP contribution in [0.5, 0.6) is 0 Å². The average Bonchev–Trinajstić information content (AvgIpc) is 3.22. The van der Waals surface area contributed by atoms with Gasteiger partial charge in [-0.3, -0.25) is 0 Å². The second kappa shape index (κ2) is 7.25. The average molecular weight is 371 g/mol. The Balaban J connectivity index is 1.89. The maximum atomic E-state index is 12.0. The lowest BCUT2D eigenvalue weighted by Gasteiger charge is -2.05. The van der Waals surface area contributed by atoms with Crippen LogP contribution in [0, 0.1) is 11.3 Å². The van der Waals surface area contributed by atoms with Gasteiger partial charge in [-0.2, -0.15) is 5.26 Å². The maximum absolute atomic E-state index is 12.0. The predicted molar refractivity (Wildman–Crippen MR) is 92.2 cm³/mol. The van der Waals surface area contributed by atoms with E-state index in [1.54, 1.807) is 31.2 Å². The largest absolute Gasteiger partial charge is 0.457 e. The summed E-state index contributed by atoms with van der Waals surface area (Å²) in [6, 6.07) is 9.80. The van der Waals surface area contributed by atoms with Gasteiger partial charge in [0.05, 0.1) is 21.9 Å². The van der Waals surface area contributed by atoms with Gasteiger partial charge in [-0.05, 0) is 43.3 Å². The number of carbonyl (C=O) groups is 2. The number of carbonyl (C=O) groups excluding carboxylic acids is 2. The van der Waals surface area contributed by atoms with Crippen molar-refractivity contribution in [2.45, 2.75) is 6.92 Å². The first-order chi connectivity index (χ1) is 12.5. The lowest BCUT2D eigenvalue weighted by atomic mass is 10.1. The quantitative estimate of drug-likeness (QED) is 0.463. The molecule has 0 amide bonds. The van der Waals surface area contributed by atoms with Crippen molar-refractivity contribution >= 4 is 35.3 Å². The number of ether oxygens (including phenoxy) is 1. The van der Waals surface area contributed by atoms with E-state index in [0.29, 0.717) is 28.4 Å². The van der Waals surface area contributed by atoms with Crippen molar-refractivity contribution in [3.63, 3.8) is 0 Å². The van der Waals surface area contributed by atoms with E-state index in [1.807, 2.05) is 0 Å². The second-order valence-corrected chi connectivity index (χ2v) is 5.65. The molecule has 1 aliphatic rings. The molecule has 130 valence electrons. The maximum Gasteiger partial charge on any atom is 0.367 e. The third-order valence-electron chi connectivity index (χ3n) is 3.53. The minimum Gasteiger partial charge on any atom is -0.457 e. The standard InChI is InChI=1S/C18H11ClN2O5/c1-10-13(18(23)26-21-10)9-12-3-5-16(25-12)11-2-4-15(19)14(8-11)17(22)24-7-6-20/h2-5,8-9H,7H2,1H3/b13-9-. The smallest absolute Gasteiger partial charge is 0.367 e. The van der Waals surface area contributed by atoms with Gasteiger partial charge < -0.3 is 14.0 Å². The van der Waals surface area contributed by atoms with Gasteiger partial charge in [0.1, 0.15) is 17.6 Å². The van der Waals surface area contributed by atoms with Crippen LogP contribution in [0.1, 0.15) is 23.0 Å². The van der Waals surface area contributed by atoms with Gasteiger partial charge in [0.15, 0.2) is 6.61 Å². The van der Waals surface area contributed by atoms with Crippen LogP contribution in [-0.4, -0.2) is 24.3 Å². The number of nitrogens with zero attached hydrogens (tertiary/aromatic N) is 2. The van der Waals surface area contributed by atoms with E-state index in [-0.39, 0.29) is 17.2 Å². The van der Waals surface area contributed by atoms with Crippen LogP contribution >= 0.6 is 11.6 Å². The second-order valence-electron chi connectivity index (χ2n) is 5.24. The molecule has 26 heavy (non-hydrogen) atoms. The number of halogens is 1. The molecule has 0 aliphatic carbocycles. The van der Waals surface area contributed by atoms with Crippen LogP contribution in [0.4, 0.5) is 0 Å². The molecule has 0 bridgehead atoms. The highest BCUT2D eigenvalue weighted by atomic mass is 35.5. The van der Waals surface area contributed by atoms with Crippen molar-refractivity contribution < 1.29 is 23.6 Å². The van der Waals surface area contributed by atoms with Gasteiger partial charge in [-0.25, -0.2) is 9.59 Å². The van der Waals surface area contributed by atoms with E-state index in [4.69, 9.17) is 26.0 Å². The van der Waals surface area contributed by atoms with Crippen molar-refractivity contribution in [1.29, 1.82) is 5.26 Å². The van der Waals surface area contributed by atoms with E-state index >= 15 is 0 Å². The lowest BCUT2D eigenvalue weighted by Crippen LogP contribution is -2.06. The first-order valence-corrected chi connectivity index (χ1v) is 7.79. The van der Waals surface area contributed by atoms with Crippen molar-refractivity contribution in [1.82, 2.24) is 0 Å². The first kappa shape index (κ1) is 17.5. The number of oxime groups is 1. The van der Waals surface area contributed by atoms with Crippen LogP contribution < -0.4 is 0 Å². The molecule has 3 rings (SSSR count). The van der Waals surface area contributed by atoms with Crippen molar-refractivity contribution in [3.8, 4) is 17.4 Å². The van der Waals surface area contributed by atoms with Crippen LogP contribution in [0.25, 0.3) is 17.4 Å². The Hall–Kier alpha value is -3.37. The fourth-order valence-electron chi connectivity index (χ4n) is 2.26. The molecule has 1 aromatic carbocycles. The molecule has 0 unspecified atom stereocenters. The highest BCUT2D eigenvalue weighted by Crippen LogP contribution is 2.28. The van der Waals surface area contributed by atoms with Gasteiger partial charge in [-0.1, -0.05) is 16.8 Å². The molecule has 7 nitrogen and oxygen atoms in total. The zero-order valence-electron chi connectivity index (χ0n) is 13.5. The molecule has 0 atom stereocenters. The number of hydrogen-bond acceptors (Lipinski definition) is 7. The molecule has 2 heterocycles. The molecular weight excluding hydrogens is 360 g/mol. The van der Waals surface area contributed by atoms with Gasteiger partial charge in [0, 0.05) is 5.56 Å². The van der Waals surface area contributed by atoms with Gasteiger partial charge >= 0.3 is 11.9 Å². The fraction of sp³-hybridized carbons (Fsp3) is 0.111. The van der Waals surface area contributed by atoms with Crippen molar-refractivity contribution in [3.05, 3.63) is 52.3 Å². The number of rotatable bonds is 4. The summed E-state index contributed by atoms with van der Waals surface area (Å²) < 4.78 is 10.5. The number of nitriles is 1. The summed E-state index contributed by atoms with van der Waals surface area (Å²) in [5, 5.41) is 12.3. The van der Waals surface area contributed by atoms with Gasteiger partial charge in [-0.15, -0.1) is 0 Å². The third-order valence-corrected chi connectivity index (χ3v) is 3.86. The Morgan fingerprint density at radius 1 is 1.38 bits per heavy atom. The van der Waals surface area contributed by atoms with Crippen LogP contribution in [0.2, 0.25) is 5.02 Å². The normalized spacial score (nSPS) is 14.7. The molecule has 2 aromatic rings. The van der Waals surface area contributed by atoms with Crippen molar-refractivity contribution in [2.24, 2.45) is 5.16 Å². The molecule has 0 saturated carbocycles. The monoisotopic (exact) mass is 370 g/mol. The molecule has 1 aliphatic heterocycles. The third kappa shape index (κ3) is 3.50. The van der Waals surface area contributed by atoms with E-state index in [9.17, 15) is 9.59 Å². The SMILES string of the molecule is CC1=NOC(=O)/C1=C\c1ccc(-c2ccc(Cl)c(C(=O)OCC#N)c2)o1. The Morgan fingerprint density at radius 3 is 2.88 bits per heavy atom. The topological polar surface area (TPSA) is 102 Å². The van der Waals surface area contributed by atoms with E-state index in [1.165, 1.54) is 18.2 Å². The molecule has 0 radical (unpaired) electrons. The zero-order valence-corrected chi connectivity index (χ0v) is 14.2. The molecular formula is C18H11ClN2O5. The molecule has 0 fully saturated rings. The molecule has 8 heteroatoms. The highest BCUT2D eigenvalue weighted by Gasteiger charge is 2.22. The minimum atomic E-state index is -0.701. The minimum absolute atomic E-state index is 0.123. The Labute approximate surface area is 153 Å². The summed E-state index contributed by atoms with van der Waals surface area (Å²) in [7, 11) is 0. The molecule has 0 N–H and O–H groups in total. The Kier molecular flexibility index (Phi) is 4.87. The van der Waals surface area contributed by atoms with E-state index in [0.717, 1.165) is 0 Å². The summed E-state index contributed by atoms with van der Waals surface area (Å²) in [5.41, 5.74) is 1.48. The fourth-order valence-corrected chi connectivity index (χ4v) is 2.45. The number of furan rings is 1. The van der Waals surface area contributed by atoms with E-state index in [2.05, 4.69) is 9.99 Å². The Morgan fingerprint density at radius 2 is 2.19 bits per heavy atom. The van der Waals surface area contributed by atoms with Gasteiger partial charge in [0.25, 0.3) is 0 Å². The van der Waals surface area contributed by atoms with Crippen LogP contribution in [0.3, 0.4) is 0 Å². The summed E-state index contributed by atoms with van der Waals surface area (Å²) in [5.74, 6) is -0.363. The highest BCUT2D eigenvalue weighted by molar-refractivity contribution is 6.33.